The van der Waals surface area contributed by atoms with E-state index in [0.717, 1.165) is 12.1 Å². The summed E-state index contributed by atoms with van der Waals surface area (Å²) >= 11 is 0. The van der Waals surface area contributed by atoms with Crippen LogP contribution in [-0.2, 0) is 6.42 Å². The molecular formula is C21H26N6O2. The van der Waals surface area contributed by atoms with Crippen LogP contribution in [0.4, 0.5) is 0 Å². The quantitative estimate of drug-likeness (QED) is 0.623. The molecule has 1 N–H and O–H groups in total. The number of pyridine rings is 2. The third-order valence-corrected chi connectivity index (χ3v) is 4.63. The molecule has 3 aromatic heterocycles. The Bertz CT molecular complexity index is 983. The number of nitrogens with zero attached hydrogens (tertiary/aromatic N) is 5. The predicted octanol–water partition coefficient (Wildman–Crippen LogP) is 1.34. The number of hydrogen-bond donors (Lipinski definition) is 1. The van der Waals surface area contributed by atoms with E-state index < -0.39 is 0 Å². The van der Waals surface area contributed by atoms with Crippen LogP contribution in [0, 0.1) is 0 Å². The maximum atomic E-state index is 13.0. The van der Waals surface area contributed by atoms with Crippen molar-refractivity contribution in [2.45, 2.75) is 6.42 Å². The molecule has 3 heterocycles. The molecule has 0 aliphatic carbocycles. The number of nitrogens with one attached hydrogen (secondary N) is 1. The molecule has 0 radical (unpaired) electrons. The summed E-state index contributed by atoms with van der Waals surface area (Å²) in [5.74, 6) is -0.280. The fourth-order valence-corrected chi connectivity index (χ4v) is 2.95. The lowest BCUT2D eigenvalue weighted by Gasteiger charge is -2.16. The second-order valence-corrected chi connectivity index (χ2v) is 7.13. The molecule has 0 saturated heterocycles. The van der Waals surface area contributed by atoms with Gasteiger partial charge in [0.05, 0.1) is 5.52 Å². The maximum absolute atomic E-state index is 13.0. The first-order valence-electron chi connectivity index (χ1n) is 9.51. The lowest BCUT2D eigenvalue weighted by Crippen LogP contribution is -2.32. The Morgan fingerprint density at radius 1 is 1.07 bits per heavy atom. The first-order chi connectivity index (χ1) is 14.0. The molecule has 0 aliphatic heterocycles. The molecule has 0 aromatic carbocycles. The van der Waals surface area contributed by atoms with Crippen LogP contribution >= 0.6 is 0 Å². The standard InChI is InChI=1S/C21H26N6O2/c1-25(2)15-12-23-20(28)18-17-6-4-5-13-27(17)19(24-18)21(29)26(3)14-9-16-7-10-22-11-8-16/h4-8,10-11,13H,9,12,14-15H2,1-3H3,(H,23,28). The van der Waals surface area contributed by atoms with Crippen molar-refractivity contribution in [1.29, 1.82) is 0 Å². The summed E-state index contributed by atoms with van der Waals surface area (Å²) in [6.45, 7) is 1.77. The van der Waals surface area contributed by atoms with Crippen molar-refractivity contribution in [1.82, 2.24) is 29.5 Å². The smallest absolute Gasteiger partial charge is 0.290 e. The average Bonchev–Trinajstić information content (AvgIpc) is 3.11. The van der Waals surface area contributed by atoms with Crippen LogP contribution in [0.25, 0.3) is 5.52 Å². The maximum Gasteiger partial charge on any atom is 0.290 e. The third kappa shape index (κ3) is 4.97. The van der Waals surface area contributed by atoms with Gasteiger partial charge in [0.1, 0.15) is 0 Å². The molecule has 2 amide bonds. The van der Waals surface area contributed by atoms with E-state index in [2.05, 4.69) is 15.3 Å². The van der Waals surface area contributed by atoms with Crippen molar-refractivity contribution in [3.8, 4) is 0 Å². The van der Waals surface area contributed by atoms with E-state index in [-0.39, 0.29) is 23.3 Å². The topological polar surface area (TPSA) is 82.8 Å². The molecule has 8 nitrogen and oxygen atoms in total. The summed E-state index contributed by atoms with van der Waals surface area (Å²) in [5.41, 5.74) is 1.98. The van der Waals surface area contributed by atoms with Crippen LogP contribution < -0.4 is 5.32 Å². The Balaban J connectivity index is 1.78. The minimum Gasteiger partial charge on any atom is -0.349 e. The molecule has 0 saturated carbocycles. The zero-order chi connectivity index (χ0) is 20.8. The molecule has 29 heavy (non-hydrogen) atoms. The van der Waals surface area contributed by atoms with Gasteiger partial charge < -0.3 is 15.1 Å². The van der Waals surface area contributed by atoms with Crippen LogP contribution in [0.1, 0.15) is 26.7 Å². The van der Waals surface area contributed by atoms with Crippen molar-refractivity contribution < 1.29 is 9.59 Å². The van der Waals surface area contributed by atoms with Crippen LogP contribution in [-0.4, -0.2) is 76.8 Å². The monoisotopic (exact) mass is 394 g/mol. The number of aromatic nitrogens is 3. The summed E-state index contributed by atoms with van der Waals surface area (Å²) in [7, 11) is 5.62. The average molecular weight is 394 g/mol. The molecule has 0 spiro atoms. The highest BCUT2D eigenvalue weighted by Gasteiger charge is 2.23. The van der Waals surface area contributed by atoms with Crippen LogP contribution in [0.5, 0.6) is 0 Å². The molecule has 0 fully saturated rings. The van der Waals surface area contributed by atoms with Gasteiger partial charge in [0.25, 0.3) is 11.8 Å². The second kappa shape index (κ2) is 9.29. The summed E-state index contributed by atoms with van der Waals surface area (Å²) < 4.78 is 1.67. The first kappa shape index (κ1) is 20.5. The Kier molecular flexibility index (Phi) is 6.56. The van der Waals surface area contributed by atoms with E-state index in [1.807, 2.05) is 43.3 Å². The molecule has 0 aliphatic rings. The molecule has 8 heteroatoms. The summed E-state index contributed by atoms with van der Waals surface area (Å²) in [5, 5.41) is 2.86. The van der Waals surface area contributed by atoms with Gasteiger partial charge in [-0.15, -0.1) is 0 Å². The SMILES string of the molecule is CN(C)CCNC(=O)c1nc(C(=O)N(C)CCc2ccncc2)n2ccccc12. The van der Waals surface area contributed by atoms with E-state index in [1.165, 1.54) is 0 Å². The number of hydrogen-bond acceptors (Lipinski definition) is 5. The molecule has 152 valence electrons. The van der Waals surface area contributed by atoms with Gasteiger partial charge in [-0.2, -0.15) is 0 Å². The number of rotatable bonds is 8. The van der Waals surface area contributed by atoms with Gasteiger partial charge in [-0.3, -0.25) is 19.0 Å². The Morgan fingerprint density at radius 3 is 2.55 bits per heavy atom. The van der Waals surface area contributed by atoms with E-state index in [9.17, 15) is 9.59 Å². The fourth-order valence-electron chi connectivity index (χ4n) is 2.95. The van der Waals surface area contributed by atoms with E-state index >= 15 is 0 Å². The van der Waals surface area contributed by atoms with Crippen molar-refractivity contribution in [2.24, 2.45) is 0 Å². The Morgan fingerprint density at radius 2 is 1.83 bits per heavy atom. The van der Waals surface area contributed by atoms with Gasteiger partial charge in [0.2, 0.25) is 5.82 Å². The minimum absolute atomic E-state index is 0.229. The number of fused-ring (bicyclic) bond motifs is 1. The van der Waals surface area contributed by atoms with Gasteiger partial charge in [-0.1, -0.05) is 6.07 Å². The Labute approximate surface area is 170 Å². The molecule has 3 aromatic rings. The first-order valence-corrected chi connectivity index (χ1v) is 9.51. The van der Waals surface area contributed by atoms with Gasteiger partial charge >= 0.3 is 0 Å². The zero-order valence-corrected chi connectivity index (χ0v) is 17.0. The lowest BCUT2D eigenvalue weighted by molar-refractivity contribution is 0.0784. The van der Waals surface area contributed by atoms with Crippen molar-refractivity contribution in [3.05, 3.63) is 66.0 Å². The van der Waals surface area contributed by atoms with Crippen LogP contribution in [0.15, 0.2) is 48.9 Å². The van der Waals surface area contributed by atoms with E-state index in [0.29, 0.717) is 25.0 Å². The number of imidazole rings is 1. The number of likely N-dealkylation sites (N-methyl/N-ethyl adjacent to an activating group) is 2. The number of carbonyl (C=O) groups is 2. The minimum atomic E-state index is -0.283. The molecule has 0 bridgehead atoms. The Hall–Kier alpha value is -3.26. The molecule has 0 unspecified atom stereocenters. The van der Waals surface area contributed by atoms with Crippen LogP contribution in [0.3, 0.4) is 0 Å². The van der Waals surface area contributed by atoms with Crippen molar-refractivity contribution in [3.63, 3.8) is 0 Å². The highest BCUT2D eigenvalue weighted by atomic mass is 16.2. The van der Waals surface area contributed by atoms with Crippen molar-refractivity contribution >= 4 is 17.3 Å². The van der Waals surface area contributed by atoms with Crippen LogP contribution in [0.2, 0.25) is 0 Å². The summed E-state index contributed by atoms with van der Waals surface area (Å²) in [4.78, 5) is 37.6. The number of carbonyl (C=O) groups excluding carboxylic acids is 2. The highest BCUT2D eigenvalue weighted by molar-refractivity contribution is 6.02. The third-order valence-electron chi connectivity index (χ3n) is 4.63. The van der Waals surface area contributed by atoms with Crippen molar-refractivity contribution in [2.75, 3.05) is 40.8 Å². The second-order valence-electron chi connectivity index (χ2n) is 7.13. The molecular weight excluding hydrogens is 368 g/mol. The molecule has 0 atom stereocenters. The van der Waals surface area contributed by atoms with Gasteiger partial charge in [0, 0.05) is 45.3 Å². The summed E-state index contributed by atoms with van der Waals surface area (Å²) in [6, 6.07) is 9.30. The predicted molar refractivity (Wildman–Crippen MR) is 111 cm³/mol. The van der Waals surface area contributed by atoms with Gasteiger partial charge in [-0.05, 0) is 50.3 Å². The lowest BCUT2D eigenvalue weighted by atomic mass is 10.2. The normalized spacial score (nSPS) is 11.0. The molecule has 3 rings (SSSR count). The van der Waals surface area contributed by atoms with E-state index in [1.54, 1.807) is 41.0 Å². The largest absolute Gasteiger partial charge is 0.349 e. The van der Waals surface area contributed by atoms with Gasteiger partial charge in [-0.25, -0.2) is 4.98 Å². The summed E-state index contributed by atoms with van der Waals surface area (Å²) in [6.07, 6.45) is 5.94. The highest BCUT2D eigenvalue weighted by Crippen LogP contribution is 2.15. The fraction of sp³-hybridized carbons (Fsp3) is 0.333. The van der Waals surface area contributed by atoms with Gasteiger partial charge in [0.15, 0.2) is 5.69 Å². The zero-order valence-electron chi connectivity index (χ0n) is 17.0. The van der Waals surface area contributed by atoms with E-state index in [4.69, 9.17) is 0 Å². The number of amides is 2.